The maximum Gasteiger partial charge on any atom is 0.238 e. The molecule has 2 aliphatic rings. The molecule has 29 heavy (non-hydrogen) atoms. The Morgan fingerprint density at radius 3 is 2.52 bits per heavy atom. The summed E-state index contributed by atoms with van der Waals surface area (Å²) in [5.74, 6) is 0.630. The molecule has 0 unspecified atom stereocenters. The molecule has 1 saturated carbocycles. The molecule has 2 N–H and O–H groups in total. The Labute approximate surface area is 179 Å². The first-order chi connectivity index (χ1) is 13.9. The van der Waals surface area contributed by atoms with Gasteiger partial charge in [0.25, 0.3) is 0 Å². The first-order valence-corrected chi connectivity index (χ1v) is 11.1. The standard InChI is InChI=1S/C22H33ClN4O2/c1-16-7-3-5-9-19(16)25-22(29)17(2)27-13-11-26(12-14-27)15-21(28)24-20-10-6-4-8-18(20)23/h4,6,8,10,16-17,19H,3,5,7,9,11-15H2,1-2H3,(H,24,28)(H,25,29)/t16-,17+,19-/m0/s1. The van der Waals surface area contributed by atoms with Gasteiger partial charge in [-0.1, -0.05) is 43.5 Å². The predicted molar refractivity (Wildman–Crippen MR) is 117 cm³/mol. The van der Waals surface area contributed by atoms with Gasteiger partial charge in [0.1, 0.15) is 0 Å². The summed E-state index contributed by atoms with van der Waals surface area (Å²) in [6.07, 6.45) is 4.77. The van der Waals surface area contributed by atoms with Crippen molar-refractivity contribution in [2.75, 3.05) is 38.0 Å². The molecular weight excluding hydrogens is 388 g/mol. The molecule has 0 spiro atoms. The molecule has 1 aliphatic carbocycles. The third-order valence-corrected chi connectivity index (χ3v) is 6.62. The predicted octanol–water partition coefficient (Wildman–Crippen LogP) is 2.98. The Balaban J connectivity index is 1.41. The zero-order valence-electron chi connectivity index (χ0n) is 17.5. The number of amides is 2. The third kappa shape index (κ3) is 6.17. The number of para-hydroxylation sites is 1. The van der Waals surface area contributed by atoms with Gasteiger partial charge in [0.15, 0.2) is 0 Å². The Bertz CT molecular complexity index is 706. The van der Waals surface area contributed by atoms with Gasteiger partial charge in [-0.3, -0.25) is 19.4 Å². The number of carbonyl (C=O) groups is 2. The van der Waals surface area contributed by atoms with E-state index in [4.69, 9.17) is 11.6 Å². The average Bonchev–Trinajstić information content (AvgIpc) is 2.71. The minimum absolute atomic E-state index is 0.0661. The van der Waals surface area contributed by atoms with Crippen LogP contribution in [0.4, 0.5) is 5.69 Å². The second-order valence-electron chi connectivity index (χ2n) is 8.39. The van der Waals surface area contributed by atoms with Gasteiger partial charge >= 0.3 is 0 Å². The van der Waals surface area contributed by atoms with E-state index in [0.717, 1.165) is 32.6 Å². The molecule has 0 radical (unpaired) electrons. The fourth-order valence-corrected chi connectivity index (χ4v) is 4.45. The third-order valence-electron chi connectivity index (χ3n) is 6.29. The van der Waals surface area contributed by atoms with Crippen molar-refractivity contribution in [3.63, 3.8) is 0 Å². The fourth-order valence-electron chi connectivity index (χ4n) is 4.26. The summed E-state index contributed by atoms with van der Waals surface area (Å²) >= 11 is 6.10. The van der Waals surface area contributed by atoms with Crippen LogP contribution in [0.3, 0.4) is 0 Å². The lowest BCUT2D eigenvalue weighted by Gasteiger charge is -2.38. The van der Waals surface area contributed by atoms with Crippen LogP contribution >= 0.6 is 11.6 Å². The maximum absolute atomic E-state index is 12.7. The first-order valence-electron chi connectivity index (χ1n) is 10.7. The van der Waals surface area contributed by atoms with E-state index in [0.29, 0.717) is 29.2 Å². The van der Waals surface area contributed by atoms with Crippen molar-refractivity contribution in [2.24, 2.45) is 5.92 Å². The van der Waals surface area contributed by atoms with Crippen molar-refractivity contribution in [3.05, 3.63) is 29.3 Å². The molecule has 2 amide bonds. The number of benzene rings is 1. The molecule has 1 aliphatic heterocycles. The smallest absolute Gasteiger partial charge is 0.238 e. The van der Waals surface area contributed by atoms with Crippen LogP contribution in [0, 0.1) is 5.92 Å². The Morgan fingerprint density at radius 2 is 1.83 bits per heavy atom. The van der Waals surface area contributed by atoms with Gasteiger partial charge in [-0.05, 0) is 37.8 Å². The van der Waals surface area contributed by atoms with Crippen LogP contribution < -0.4 is 10.6 Å². The lowest BCUT2D eigenvalue weighted by atomic mass is 9.86. The molecule has 1 aromatic rings. The molecule has 6 nitrogen and oxygen atoms in total. The topological polar surface area (TPSA) is 64.7 Å². The number of hydrogen-bond acceptors (Lipinski definition) is 4. The highest BCUT2D eigenvalue weighted by Gasteiger charge is 2.29. The number of piperazine rings is 1. The van der Waals surface area contributed by atoms with Crippen molar-refractivity contribution >= 4 is 29.1 Å². The lowest BCUT2D eigenvalue weighted by Crippen LogP contribution is -2.56. The minimum atomic E-state index is -0.136. The summed E-state index contributed by atoms with van der Waals surface area (Å²) in [5, 5.41) is 6.68. The van der Waals surface area contributed by atoms with Crippen molar-refractivity contribution in [3.8, 4) is 0 Å². The molecule has 3 rings (SSSR count). The van der Waals surface area contributed by atoms with Crippen molar-refractivity contribution in [2.45, 2.75) is 51.6 Å². The highest BCUT2D eigenvalue weighted by atomic mass is 35.5. The number of rotatable bonds is 6. The Morgan fingerprint density at radius 1 is 1.14 bits per heavy atom. The first kappa shape index (κ1) is 22.1. The van der Waals surface area contributed by atoms with Gasteiger partial charge in [0, 0.05) is 32.2 Å². The molecule has 3 atom stereocenters. The summed E-state index contributed by atoms with van der Waals surface area (Å²) in [7, 11) is 0. The second-order valence-corrected chi connectivity index (χ2v) is 8.80. The number of nitrogens with one attached hydrogen (secondary N) is 2. The summed E-state index contributed by atoms with van der Waals surface area (Å²) in [6, 6.07) is 7.42. The largest absolute Gasteiger partial charge is 0.352 e. The average molecular weight is 421 g/mol. The number of halogens is 1. The highest BCUT2D eigenvalue weighted by Crippen LogP contribution is 2.24. The monoisotopic (exact) mass is 420 g/mol. The van der Waals surface area contributed by atoms with E-state index in [1.165, 1.54) is 19.3 Å². The van der Waals surface area contributed by atoms with Gasteiger partial charge in [0.05, 0.1) is 23.3 Å². The quantitative estimate of drug-likeness (QED) is 0.742. The van der Waals surface area contributed by atoms with E-state index in [2.05, 4.69) is 27.4 Å². The van der Waals surface area contributed by atoms with E-state index < -0.39 is 0 Å². The molecular formula is C22H33ClN4O2. The van der Waals surface area contributed by atoms with Gasteiger partial charge in [-0.25, -0.2) is 0 Å². The highest BCUT2D eigenvalue weighted by molar-refractivity contribution is 6.33. The number of nitrogens with zero attached hydrogens (tertiary/aromatic N) is 2. The maximum atomic E-state index is 12.7. The molecule has 0 aromatic heterocycles. The summed E-state index contributed by atoms with van der Waals surface area (Å²) < 4.78 is 0. The van der Waals surface area contributed by atoms with Crippen molar-refractivity contribution in [1.29, 1.82) is 0 Å². The molecule has 7 heteroatoms. The van der Waals surface area contributed by atoms with Crippen LogP contribution in [-0.2, 0) is 9.59 Å². The normalized spacial score (nSPS) is 24.7. The van der Waals surface area contributed by atoms with Crippen molar-refractivity contribution < 1.29 is 9.59 Å². The van der Waals surface area contributed by atoms with E-state index in [1.54, 1.807) is 12.1 Å². The SMILES string of the molecule is C[C@H](C(=O)N[C@H]1CCCC[C@@H]1C)N1CCN(CC(=O)Nc2ccccc2Cl)CC1. The summed E-state index contributed by atoms with van der Waals surface area (Å²) in [5.41, 5.74) is 0.639. The van der Waals surface area contributed by atoms with Gasteiger partial charge < -0.3 is 10.6 Å². The zero-order valence-corrected chi connectivity index (χ0v) is 18.3. The zero-order chi connectivity index (χ0) is 20.8. The van der Waals surface area contributed by atoms with Crippen LogP contribution in [0.5, 0.6) is 0 Å². The van der Waals surface area contributed by atoms with Crippen LogP contribution in [0.2, 0.25) is 5.02 Å². The minimum Gasteiger partial charge on any atom is -0.352 e. The Hall–Kier alpha value is -1.63. The fraction of sp³-hybridized carbons (Fsp3) is 0.636. The molecule has 160 valence electrons. The Kier molecular flexibility index (Phi) is 7.92. The van der Waals surface area contributed by atoms with E-state index in [-0.39, 0.29) is 17.9 Å². The van der Waals surface area contributed by atoms with Crippen LogP contribution in [0.25, 0.3) is 0 Å². The second kappa shape index (κ2) is 10.4. The van der Waals surface area contributed by atoms with Gasteiger partial charge in [0.2, 0.25) is 11.8 Å². The lowest BCUT2D eigenvalue weighted by molar-refractivity contribution is -0.128. The van der Waals surface area contributed by atoms with Gasteiger partial charge in [-0.15, -0.1) is 0 Å². The number of carbonyl (C=O) groups excluding carboxylic acids is 2. The number of hydrogen-bond donors (Lipinski definition) is 2. The summed E-state index contributed by atoms with van der Waals surface area (Å²) in [4.78, 5) is 29.4. The molecule has 1 heterocycles. The molecule has 1 aromatic carbocycles. The van der Waals surface area contributed by atoms with E-state index in [1.807, 2.05) is 19.1 Å². The van der Waals surface area contributed by atoms with E-state index in [9.17, 15) is 9.59 Å². The van der Waals surface area contributed by atoms with E-state index >= 15 is 0 Å². The van der Waals surface area contributed by atoms with Crippen LogP contribution in [0.1, 0.15) is 39.5 Å². The number of anilines is 1. The molecule has 1 saturated heterocycles. The van der Waals surface area contributed by atoms with Crippen molar-refractivity contribution in [1.82, 2.24) is 15.1 Å². The van der Waals surface area contributed by atoms with Crippen LogP contribution in [0.15, 0.2) is 24.3 Å². The van der Waals surface area contributed by atoms with Gasteiger partial charge in [-0.2, -0.15) is 0 Å². The summed E-state index contributed by atoms with van der Waals surface area (Å²) in [6.45, 7) is 7.67. The molecule has 2 fully saturated rings. The molecule has 0 bridgehead atoms. The van der Waals surface area contributed by atoms with Crippen LogP contribution in [-0.4, -0.2) is 66.4 Å².